The minimum absolute atomic E-state index is 0.0994. The van der Waals surface area contributed by atoms with Gasteiger partial charge in [0.05, 0.1) is 12.9 Å². The zero-order valence-electron chi connectivity index (χ0n) is 20.5. The van der Waals surface area contributed by atoms with Gasteiger partial charge in [-0.3, -0.25) is 9.69 Å². The molecule has 6 rings (SSSR count). The Morgan fingerprint density at radius 3 is 2.78 bits per heavy atom. The van der Waals surface area contributed by atoms with Crippen LogP contribution in [0.3, 0.4) is 0 Å². The van der Waals surface area contributed by atoms with Crippen LogP contribution in [0.4, 0.5) is 15.9 Å². The van der Waals surface area contributed by atoms with Crippen molar-refractivity contribution in [2.24, 2.45) is 5.73 Å². The maximum atomic E-state index is 15.4. The van der Waals surface area contributed by atoms with E-state index in [1.54, 1.807) is 12.4 Å². The van der Waals surface area contributed by atoms with Crippen LogP contribution in [0, 0.1) is 5.82 Å². The second-order valence-electron chi connectivity index (χ2n) is 10.5. The molecule has 0 bridgehead atoms. The molecule has 1 unspecified atom stereocenters. The van der Waals surface area contributed by atoms with Crippen LogP contribution < -0.4 is 21.7 Å². The van der Waals surface area contributed by atoms with E-state index in [0.717, 1.165) is 36.9 Å². The summed E-state index contributed by atoms with van der Waals surface area (Å²) >= 11 is 0. The lowest BCUT2D eigenvalue weighted by Gasteiger charge is -2.28. The smallest absolute Gasteiger partial charge is 0.242 e. The Morgan fingerprint density at radius 2 is 2.03 bits per heavy atom. The number of nitrogens with two attached hydrogens (primary N) is 2. The van der Waals surface area contributed by atoms with Gasteiger partial charge in [0.25, 0.3) is 0 Å². The number of amides is 1. The van der Waals surface area contributed by atoms with Crippen LogP contribution >= 0.6 is 0 Å². The Bertz CT molecular complexity index is 1320. The summed E-state index contributed by atoms with van der Waals surface area (Å²) in [7, 11) is 2.04. The number of fused-ring (bicyclic) bond motifs is 1. The Kier molecular flexibility index (Phi) is 5.56. The number of rotatable bonds is 8. The summed E-state index contributed by atoms with van der Waals surface area (Å²) in [6.07, 6.45) is 7.90. The van der Waals surface area contributed by atoms with E-state index in [-0.39, 0.29) is 17.8 Å². The lowest BCUT2D eigenvalue weighted by Crippen LogP contribution is -2.56. The van der Waals surface area contributed by atoms with Crippen LogP contribution in [0.5, 0.6) is 0 Å². The fraction of sp³-hybridized carbons (Fsp3) is 0.520. The van der Waals surface area contributed by atoms with Gasteiger partial charge in [-0.2, -0.15) is 0 Å². The van der Waals surface area contributed by atoms with E-state index >= 15 is 4.39 Å². The highest BCUT2D eigenvalue weighted by Crippen LogP contribution is 2.35. The number of nitrogens with zero attached hydrogens (tertiary/aromatic N) is 6. The van der Waals surface area contributed by atoms with E-state index < -0.39 is 5.54 Å². The number of hydrogen-bond acceptors (Lipinski definition) is 8. The molecule has 10 nitrogen and oxygen atoms in total. The highest BCUT2D eigenvalue weighted by Gasteiger charge is 2.43. The Balaban J connectivity index is 1.37. The zero-order valence-corrected chi connectivity index (χ0v) is 20.5. The first-order valence-corrected chi connectivity index (χ1v) is 12.6. The molecule has 1 aromatic carbocycles. The minimum Gasteiger partial charge on any atom is -0.382 e. The van der Waals surface area contributed by atoms with Gasteiger partial charge in [-0.05, 0) is 51.3 Å². The topological polar surface area (TPSA) is 131 Å². The molecule has 11 heteroatoms. The van der Waals surface area contributed by atoms with E-state index in [1.165, 1.54) is 12.4 Å². The lowest BCUT2D eigenvalue weighted by molar-refractivity contribution is -0.125. The van der Waals surface area contributed by atoms with Gasteiger partial charge in [-0.25, -0.2) is 19.3 Å². The highest BCUT2D eigenvalue weighted by atomic mass is 19.1. The molecule has 3 aromatic rings. The Hall–Kier alpha value is -3.31. The number of hydrogen-bond donors (Lipinski definition) is 3. The first kappa shape index (κ1) is 23.1. The molecule has 36 heavy (non-hydrogen) atoms. The van der Waals surface area contributed by atoms with Crippen molar-refractivity contribution in [2.75, 3.05) is 30.8 Å². The predicted molar refractivity (Wildman–Crippen MR) is 135 cm³/mol. The summed E-state index contributed by atoms with van der Waals surface area (Å²) in [5.41, 5.74) is 15.1. The number of nitrogens with one attached hydrogen (secondary N) is 1. The normalized spacial score (nSPS) is 22.1. The van der Waals surface area contributed by atoms with Crippen molar-refractivity contribution in [1.82, 2.24) is 29.7 Å². The Morgan fingerprint density at radius 1 is 1.22 bits per heavy atom. The number of carbonyl (C=O) groups is 1. The third-order valence-electron chi connectivity index (χ3n) is 7.69. The molecule has 0 radical (unpaired) electrons. The lowest BCUT2D eigenvalue weighted by atomic mass is 9.98. The summed E-state index contributed by atoms with van der Waals surface area (Å²) in [5.74, 6) is -0.0387. The van der Waals surface area contributed by atoms with E-state index in [4.69, 9.17) is 11.5 Å². The number of nitrogen functional groups attached to an aromatic ring is 1. The van der Waals surface area contributed by atoms with Crippen molar-refractivity contribution in [3.8, 4) is 0 Å². The van der Waals surface area contributed by atoms with Crippen molar-refractivity contribution in [3.05, 3.63) is 41.7 Å². The van der Waals surface area contributed by atoms with Gasteiger partial charge in [-0.1, -0.05) is 0 Å². The van der Waals surface area contributed by atoms with Crippen LogP contribution in [0.2, 0.25) is 0 Å². The van der Waals surface area contributed by atoms with Gasteiger partial charge < -0.3 is 26.3 Å². The quantitative estimate of drug-likeness (QED) is 0.429. The molecule has 1 amide bonds. The van der Waals surface area contributed by atoms with Gasteiger partial charge in [0.2, 0.25) is 5.91 Å². The fourth-order valence-corrected chi connectivity index (χ4v) is 5.16. The van der Waals surface area contributed by atoms with E-state index in [2.05, 4.69) is 30.1 Å². The molecule has 190 valence electrons. The standard InChI is InChI=1S/C25H32FN9O/c1-33(16-4-5-16)10-17-18(11-35-14-31-21-22(27)29-13-30-23(21)35)20(7-6-19(17)26)34-9-8-25(28,12-34)24(36)32-15-2-3-15/h6-7,13-16H,2-5,8-12,28H2,1H3,(H,32,36)(H2,27,29,30). The summed E-state index contributed by atoms with van der Waals surface area (Å²) in [6.45, 7) is 1.84. The molecule has 2 aromatic heterocycles. The number of anilines is 2. The van der Waals surface area contributed by atoms with Crippen LogP contribution in [0.15, 0.2) is 24.8 Å². The molecule has 3 fully saturated rings. The molecule has 3 heterocycles. The van der Waals surface area contributed by atoms with Gasteiger partial charge >= 0.3 is 0 Å². The first-order chi connectivity index (χ1) is 17.3. The van der Waals surface area contributed by atoms with Crippen molar-refractivity contribution < 1.29 is 9.18 Å². The number of aromatic nitrogens is 4. The monoisotopic (exact) mass is 493 g/mol. The maximum absolute atomic E-state index is 15.4. The first-order valence-electron chi connectivity index (χ1n) is 12.6. The van der Waals surface area contributed by atoms with Crippen molar-refractivity contribution in [1.29, 1.82) is 0 Å². The molecular formula is C25H32FN9O. The molecular weight excluding hydrogens is 461 g/mol. The molecule has 3 aliphatic rings. The average Bonchev–Trinajstić information content (AvgIpc) is 3.78. The molecule has 2 saturated carbocycles. The van der Waals surface area contributed by atoms with Crippen molar-refractivity contribution >= 4 is 28.6 Å². The molecule has 0 spiro atoms. The fourth-order valence-electron chi connectivity index (χ4n) is 5.16. The van der Waals surface area contributed by atoms with Crippen LogP contribution in [0.1, 0.15) is 43.2 Å². The summed E-state index contributed by atoms with van der Waals surface area (Å²) in [4.78, 5) is 30.0. The van der Waals surface area contributed by atoms with E-state index in [9.17, 15) is 4.79 Å². The van der Waals surface area contributed by atoms with Crippen LogP contribution in [-0.4, -0.2) is 68.1 Å². The summed E-state index contributed by atoms with van der Waals surface area (Å²) < 4.78 is 17.3. The second kappa shape index (κ2) is 8.67. The Labute approximate surface area is 208 Å². The van der Waals surface area contributed by atoms with Crippen LogP contribution in [0.25, 0.3) is 11.2 Å². The summed E-state index contributed by atoms with van der Waals surface area (Å²) in [5, 5.41) is 3.06. The average molecular weight is 494 g/mol. The predicted octanol–water partition coefficient (Wildman–Crippen LogP) is 1.38. The molecule has 1 saturated heterocycles. The second-order valence-corrected chi connectivity index (χ2v) is 10.5. The third-order valence-corrected chi connectivity index (χ3v) is 7.69. The van der Waals surface area contributed by atoms with E-state index in [1.807, 2.05) is 11.6 Å². The molecule has 5 N–H and O–H groups in total. The van der Waals surface area contributed by atoms with E-state index in [0.29, 0.717) is 61.2 Å². The number of imidazole rings is 1. The van der Waals surface area contributed by atoms with Gasteiger partial charge in [0.15, 0.2) is 11.5 Å². The molecule has 1 atom stereocenters. The van der Waals surface area contributed by atoms with Crippen molar-refractivity contribution in [3.63, 3.8) is 0 Å². The molecule has 2 aliphatic carbocycles. The highest BCUT2D eigenvalue weighted by molar-refractivity contribution is 5.88. The summed E-state index contributed by atoms with van der Waals surface area (Å²) in [6, 6.07) is 4.07. The van der Waals surface area contributed by atoms with Gasteiger partial charge in [0, 0.05) is 48.5 Å². The molecule has 1 aliphatic heterocycles. The van der Waals surface area contributed by atoms with Gasteiger partial charge in [0.1, 0.15) is 23.2 Å². The van der Waals surface area contributed by atoms with Crippen molar-refractivity contribution in [2.45, 2.75) is 62.8 Å². The minimum atomic E-state index is -0.970. The number of benzene rings is 1. The van der Waals surface area contributed by atoms with Crippen LogP contribution in [-0.2, 0) is 17.9 Å². The number of halogens is 1. The zero-order chi connectivity index (χ0) is 25.0. The maximum Gasteiger partial charge on any atom is 0.242 e. The SMILES string of the molecule is CN(Cc1c(F)ccc(N2CCC(N)(C(=O)NC3CC3)C2)c1Cn1cnc2c(N)ncnc21)C1CC1. The number of carbonyl (C=O) groups excluding carboxylic acids is 1. The van der Waals surface area contributed by atoms with Gasteiger partial charge in [-0.15, -0.1) is 0 Å². The largest absolute Gasteiger partial charge is 0.382 e. The third kappa shape index (κ3) is 4.26.